The summed E-state index contributed by atoms with van der Waals surface area (Å²) in [4.78, 5) is 18.7. The number of hydrogen-bond donors (Lipinski definition) is 0. The Morgan fingerprint density at radius 1 is 1.00 bits per heavy atom. The zero-order valence-electron chi connectivity index (χ0n) is 17.3. The molecule has 0 radical (unpaired) electrons. The molecule has 1 saturated heterocycles. The number of ether oxygens (including phenoxy) is 3. The van der Waals surface area contributed by atoms with Gasteiger partial charge in [-0.1, -0.05) is 12.1 Å². The topological polar surface area (TPSA) is 60.9 Å². The normalized spacial score (nSPS) is 15.0. The molecule has 1 aliphatic heterocycles. The number of pyridine rings is 1. The smallest absolute Gasteiger partial charge is 0.219 e. The molecule has 1 aliphatic rings. The molecule has 6 heteroatoms. The molecule has 2 heterocycles. The van der Waals surface area contributed by atoms with Crippen LogP contribution in [-0.4, -0.2) is 50.2 Å². The maximum Gasteiger partial charge on any atom is 0.219 e. The molecule has 1 amide bonds. The Hall–Kier alpha value is -3.02. The Morgan fingerprint density at radius 2 is 1.72 bits per heavy atom. The molecule has 152 valence electrons. The van der Waals surface area contributed by atoms with Crippen molar-refractivity contribution in [3.05, 3.63) is 36.0 Å². The van der Waals surface area contributed by atoms with Crippen LogP contribution >= 0.6 is 0 Å². The van der Waals surface area contributed by atoms with Gasteiger partial charge in [0, 0.05) is 48.2 Å². The summed E-state index contributed by atoms with van der Waals surface area (Å²) >= 11 is 0. The summed E-state index contributed by atoms with van der Waals surface area (Å²) in [7, 11) is 4.99. The highest BCUT2D eigenvalue weighted by Crippen LogP contribution is 2.43. The van der Waals surface area contributed by atoms with E-state index in [1.54, 1.807) is 28.3 Å². The molecule has 6 nitrogen and oxygen atoms in total. The van der Waals surface area contributed by atoms with Crippen LogP contribution in [0, 0.1) is 0 Å². The van der Waals surface area contributed by atoms with Crippen LogP contribution in [0.5, 0.6) is 17.2 Å². The average Bonchev–Trinajstić information content (AvgIpc) is 2.77. The van der Waals surface area contributed by atoms with Crippen LogP contribution < -0.4 is 14.2 Å². The van der Waals surface area contributed by atoms with Gasteiger partial charge >= 0.3 is 0 Å². The lowest BCUT2D eigenvalue weighted by Crippen LogP contribution is -2.36. The zero-order valence-corrected chi connectivity index (χ0v) is 17.3. The summed E-state index contributed by atoms with van der Waals surface area (Å²) in [5, 5.41) is 3.05. The number of para-hydroxylation sites is 1. The van der Waals surface area contributed by atoms with E-state index < -0.39 is 0 Å². The molecule has 0 bridgehead atoms. The van der Waals surface area contributed by atoms with Gasteiger partial charge in [-0.3, -0.25) is 4.79 Å². The predicted molar refractivity (Wildman–Crippen MR) is 113 cm³/mol. The van der Waals surface area contributed by atoms with Gasteiger partial charge < -0.3 is 19.1 Å². The average molecular weight is 394 g/mol. The Labute approximate surface area is 170 Å². The molecule has 0 spiro atoms. The lowest BCUT2D eigenvalue weighted by Gasteiger charge is -2.32. The first kappa shape index (κ1) is 19.3. The molecule has 1 fully saturated rings. The third-order valence-electron chi connectivity index (χ3n) is 5.86. The SMILES string of the molecule is COc1cc(OC)c2c(C3CCN(C(C)=O)CC3)nc3c(OC)cccc3c2c1. The van der Waals surface area contributed by atoms with Crippen molar-refractivity contribution in [2.45, 2.75) is 25.7 Å². The monoisotopic (exact) mass is 394 g/mol. The van der Waals surface area contributed by atoms with E-state index in [0.29, 0.717) is 0 Å². The number of piperidine rings is 1. The van der Waals surface area contributed by atoms with Crippen LogP contribution in [0.3, 0.4) is 0 Å². The fraction of sp³-hybridized carbons (Fsp3) is 0.391. The van der Waals surface area contributed by atoms with Crippen molar-refractivity contribution in [2.75, 3.05) is 34.4 Å². The summed E-state index contributed by atoms with van der Waals surface area (Å²) in [5.74, 6) is 2.60. The number of carbonyl (C=O) groups is 1. The van der Waals surface area contributed by atoms with Crippen molar-refractivity contribution >= 4 is 27.6 Å². The van der Waals surface area contributed by atoms with Crippen molar-refractivity contribution in [3.63, 3.8) is 0 Å². The first-order valence-electron chi connectivity index (χ1n) is 9.85. The highest BCUT2D eigenvalue weighted by molar-refractivity contribution is 6.11. The van der Waals surface area contributed by atoms with Gasteiger partial charge in [-0.25, -0.2) is 4.98 Å². The molecule has 4 rings (SSSR count). The number of amides is 1. The van der Waals surface area contributed by atoms with Crippen LogP contribution in [0.1, 0.15) is 31.4 Å². The number of rotatable bonds is 4. The molecule has 0 saturated carbocycles. The van der Waals surface area contributed by atoms with E-state index in [0.717, 1.165) is 70.5 Å². The molecule has 1 aromatic heterocycles. The van der Waals surface area contributed by atoms with Gasteiger partial charge in [0.2, 0.25) is 5.91 Å². The second-order valence-electron chi connectivity index (χ2n) is 7.39. The molecule has 3 aromatic rings. The van der Waals surface area contributed by atoms with Crippen LogP contribution in [0.2, 0.25) is 0 Å². The summed E-state index contributed by atoms with van der Waals surface area (Å²) < 4.78 is 16.9. The molecule has 0 N–H and O–H groups in total. The lowest BCUT2D eigenvalue weighted by molar-refractivity contribution is -0.129. The van der Waals surface area contributed by atoms with Gasteiger partial charge in [-0.05, 0) is 25.0 Å². The quantitative estimate of drug-likeness (QED) is 0.623. The van der Waals surface area contributed by atoms with E-state index in [9.17, 15) is 4.79 Å². The first-order valence-corrected chi connectivity index (χ1v) is 9.85. The van der Waals surface area contributed by atoms with Crippen molar-refractivity contribution in [1.82, 2.24) is 9.88 Å². The van der Waals surface area contributed by atoms with E-state index in [2.05, 4.69) is 0 Å². The van der Waals surface area contributed by atoms with E-state index in [4.69, 9.17) is 19.2 Å². The van der Waals surface area contributed by atoms with Crippen molar-refractivity contribution in [2.24, 2.45) is 0 Å². The fourth-order valence-electron chi connectivity index (χ4n) is 4.30. The van der Waals surface area contributed by atoms with Gasteiger partial charge in [0.15, 0.2) is 0 Å². The molecule has 0 aliphatic carbocycles. The van der Waals surface area contributed by atoms with Gasteiger partial charge in [0.05, 0.1) is 27.0 Å². The Morgan fingerprint density at radius 3 is 2.34 bits per heavy atom. The van der Waals surface area contributed by atoms with Crippen molar-refractivity contribution < 1.29 is 19.0 Å². The number of fused-ring (bicyclic) bond motifs is 3. The Balaban J connectivity index is 1.98. The van der Waals surface area contributed by atoms with E-state index in [1.165, 1.54) is 0 Å². The van der Waals surface area contributed by atoms with Gasteiger partial charge in [-0.2, -0.15) is 0 Å². The van der Waals surface area contributed by atoms with Gasteiger partial charge in [-0.15, -0.1) is 0 Å². The summed E-state index contributed by atoms with van der Waals surface area (Å²) in [5.41, 5.74) is 1.83. The maximum absolute atomic E-state index is 11.7. The zero-order chi connectivity index (χ0) is 20.5. The van der Waals surface area contributed by atoms with Crippen molar-refractivity contribution in [3.8, 4) is 17.2 Å². The van der Waals surface area contributed by atoms with Crippen LogP contribution in [0.4, 0.5) is 0 Å². The van der Waals surface area contributed by atoms with Crippen LogP contribution in [0.15, 0.2) is 30.3 Å². The third kappa shape index (κ3) is 3.33. The fourth-order valence-corrected chi connectivity index (χ4v) is 4.30. The van der Waals surface area contributed by atoms with Crippen LogP contribution in [-0.2, 0) is 4.79 Å². The summed E-state index contributed by atoms with van der Waals surface area (Å²) in [6.07, 6.45) is 1.75. The largest absolute Gasteiger partial charge is 0.497 e. The number of methoxy groups -OCH3 is 3. The number of nitrogens with zero attached hydrogens (tertiary/aromatic N) is 2. The van der Waals surface area contributed by atoms with Gasteiger partial charge in [0.1, 0.15) is 22.8 Å². The highest BCUT2D eigenvalue weighted by Gasteiger charge is 2.27. The summed E-state index contributed by atoms with van der Waals surface area (Å²) in [6.45, 7) is 3.11. The minimum absolute atomic E-state index is 0.128. The van der Waals surface area contributed by atoms with E-state index >= 15 is 0 Å². The molecule has 0 unspecified atom stereocenters. The number of aromatic nitrogens is 1. The lowest BCUT2D eigenvalue weighted by atomic mass is 9.88. The molecule has 2 aromatic carbocycles. The standard InChI is InChI=1S/C23H26N2O4/c1-14(26)25-10-8-15(9-11-25)22-21-18(12-16(27-2)13-20(21)29-4)17-6-5-7-19(28-3)23(17)24-22/h5-7,12-13,15H,8-11H2,1-4H3. The third-order valence-corrected chi connectivity index (χ3v) is 5.86. The Bertz CT molecular complexity index is 1070. The van der Waals surface area contributed by atoms with E-state index in [1.807, 2.05) is 35.2 Å². The second-order valence-corrected chi connectivity index (χ2v) is 7.39. The van der Waals surface area contributed by atoms with Crippen LogP contribution in [0.25, 0.3) is 21.7 Å². The number of carbonyl (C=O) groups excluding carboxylic acids is 1. The van der Waals surface area contributed by atoms with Gasteiger partial charge in [0.25, 0.3) is 0 Å². The molecule has 0 atom stereocenters. The molecule has 29 heavy (non-hydrogen) atoms. The second kappa shape index (κ2) is 7.78. The van der Waals surface area contributed by atoms with E-state index in [-0.39, 0.29) is 11.8 Å². The molecular formula is C23H26N2O4. The van der Waals surface area contributed by atoms with Crippen molar-refractivity contribution in [1.29, 1.82) is 0 Å². The highest BCUT2D eigenvalue weighted by atomic mass is 16.5. The molecular weight excluding hydrogens is 368 g/mol. The Kier molecular flexibility index (Phi) is 5.18. The number of likely N-dealkylation sites (tertiary alicyclic amines) is 1. The number of benzene rings is 2. The number of hydrogen-bond acceptors (Lipinski definition) is 5. The predicted octanol–water partition coefficient (Wildman–Crippen LogP) is 4.14. The minimum Gasteiger partial charge on any atom is -0.497 e. The minimum atomic E-state index is 0.128. The maximum atomic E-state index is 11.7. The summed E-state index contributed by atoms with van der Waals surface area (Å²) in [6, 6.07) is 9.90. The first-order chi connectivity index (χ1) is 14.1.